The fourth-order valence-electron chi connectivity index (χ4n) is 0.921. The molecule has 0 saturated carbocycles. The molecule has 0 unspecified atom stereocenters. The fraction of sp³-hybridized carbons (Fsp3) is 0.400. The van der Waals surface area contributed by atoms with Crippen LogP contribution in [0.3, 0.4) is 0 Å². The van der Waals surface area contributed by atoms with Crippen molar-refractivity contribution in [3.05, 3.63) is 29.8 Å². The second-order valence-corrected chi connectivity index (χ2v) is 4.52. The minimum Gasteiger partial charge on any atom is -0.497 e. The average Bonchev–Trinajstić information content (AvgIpc) is 2.17. The lowest BCUT2D eigenvalue weighted by molar-refractivity contribution is 0.299. The van der Waals surface area contributed by atoms with Gasteiger partial charge < -0.3 is 9.84 Å². The summed E-state index contributed by atoms with van der Waals surface area (Å²) in [6.07, 6.45) is 1.43. The lowest BCUT2D eigenvalue weighted by Crippen LogP contribution is -1.90. The zero-order valence-electron chi connectivity index (χ0n) is 9.25. The van der Waals surface area contributed by atoms with Gasteiger partial charge in [0.1, 0.15) is 5.75 Å². The number of ether oxygens (including phenoxy) is 1. The maximum absolute atomic E-state index is 9.19. The van der Waals surface area contributed by atoms with Crippen LogP contribution in [-0.4, -0.2) is 38.0 Å². The summed E-state index contributed by atoms with van der Waals surface area (Å²) in [6.45, 7) is 0.201. The highest BCUT2D eigenvalue weighted by atomic mass is 32.2. The Hall–Kier alpha value is -1.11. The molecule has 1 aromatic carbocycles. The van der Waals surface area contributed by atoms with E-state index in [0.29, 0.717) is 12.7 Å². The van der Waals surface area contributed by atoms with Crippen LogP contribution >= 0.6 is 0 Å². The Kier molecular flexibility index (Phi) is 6.71. The molecule has 0 aliphatic rings. The molecule has 0 aliphatic heterocycles. The summed E-state index contributed by atoms with van der Waals surface area (Å²) in [5.41, 5.74) is 1.13. The fourth-order valence-corrected chi connectivity index (χ4v) is 0.921. The van der Waals surface area contributed by atoms with Gasteiger partial charge in [-0.25, -0.2) is 0 Å². The van der Waals surface area contributed by atoms with Crippen molar-refractivity contribution in [1.29, 1.82) is 0 Å². The van der Waals surface area contributed by atoms with Crippen molar-refractivity contribution in [2.75, 3.05) is 20.0 Å². The molecule has 5 nitrogen and oxygen atoms in total. The molecule has 2 N–H and O–H groups in total. The minimum absolute atomic E-state index is 0.201. The second-order valence-electron chi connectivity index (χ2n) is 3.05. The molecule has 92 valence electrons. The van der Waals surface area contributed by atoms with Gasteiger partial charge in [-0.1, -0.05) is 12.1 Å². The lowest BCUT2D eigenvalue weighted by atomic mass is 10.1. The summed E-state index contributed by atoms with van der Waals surface area (Å²) in [4.78, 5) is 0. The third-order valence-corrected chi connectivity index (χ3v) is 1.56. The normalized spacial score (nSPS) is 10.2. The number of hydrogen-bond acceptors (Lipinski definition) is 4. The van der Waals surface area contributed by atoms with Crippen molar-refractivity contribution in [3.63, 3.8) is 0 Å². The Balaban J connectivity index is 0.000000385. The SMILES string of the molecule is COc1ccc(CCO)cc1.CS(=O)(=O)O. The summed E-state index contributed by atoms with van der Waals surface area (Å²) in [5.74, 6) is 0.853. The molecule has 0 amide bonds. The van der Waals surface area contributed by atoms with Crippen LogP contribution in [0.25, 0.3) is 0 Å². The second kappa shape index (κ2) is 7.21. The quantitative estimate of drug-likeness (QED) is 0.770. The molecule has 0 heterocycles. The Morgan fingerprint density at radius 2 is 1.69 bits per heavy atom. The van der Waals surface area contributed by atoms with Crippen LogP contribution < -0.4 is 4.74 Å². The van der Waals surface area contributed by atoms with E-state index in [-0.39, 0.29) is 6.61 Å². The van der Waals surface area contributed by atoms with E-state index in [9.17, 15) is 8.42 Å². The zero-order chi connectivity index (χ0) is 12.6. The van der Waals surface area contributed by atoms with Crippen LogP contribution in [0, 0.1) is 0 Å². The Labute approximate surface area is 95.4 Å². The van der Waals surface area contributed by atoms with Crippen LogP contribution in [0.15, 0.2) is 24.3 Å². The van der Waals surface area contributed by atoms with E-state index in [2.05, 4.69) is 0 Å². The van der Waals surface area contributed by atoms with Crippen LogP contribution in [0.4, 0.5) is 0 Å². The van der Waals surface area contributed by atoms with Gasteiger partial charge in [0, 0.05) is 6.61 Å². The van der Waals surface area contributed by atoms with Gasteiger partial charge in [-0.3, -0.25) is 4.55 Å². The first-order valence-corrected chi connectivity index (χ1v) is 6.38. The predicted octanol–water partition coefficient (Wildman–Crippen LogP) is 0.734. The highest BCUT2D eigenvalue weighted by molar-refractivity contribution is 7.85. The van der Waals surface area contributed by atoms with Gasteiger partial charge >= 0.3 is 0 Å². The number of rotatable bonds is 3. The molecule has 0 atom stereocenters. The van der Waals surface area contributed by atoms with Crippen molar-refractivity contribution < 1.29 is 22.8 Å². The first-order valence-electron chi connectivity index (χ1n) is 4.53. The van der Waals surface area contributed by atoms with Crippen molar-refractivity contribution in [2.45, 2.75) is 6.42 Å². The van der Waals surface area contributed by atoms with Gasteiger partial charge in [-0.05, 0) is 24.1 Å². The first kappa shape index (κ1) is 14.9. The van der Waals surface area contributed by atoms with Gasteiger partial charge in [0.2, 0.25) is 0 Å². The highest BCUT2D eigenvalue weighted by Crippen LogP contribution is 2.10. The highest BCUT2D eigenvalue weighted by Gasteiger charge is 1.91. The molecule has 0 bridgehead atoms. The standard InChI is InChI=1S/C9H12O2.CH4O3S/c1-11-9-4-2-8(3-5-9)6-7-10;1-5(2,3)4/h2-5,10H,6-7H2,1H3;1H3,(H,2,3,4). The third kappa shape index (κ3) is 9.45. The van der Waals surface area contributed by atoms with Crippen molar-refractivity contribution in [1.82, 2.24) is 0 Å². The first-order chi connectivity index (χ1) is 7.36. The lowest BCUT2D eigenvalue weighted by Gasteiger charge is -2.00. The molecular weight excluding hydrogens is 232 g/mol. The predicted molar refractivity (Wildman–Crippen MR) is 61.3 cm³/mol. The molecule has 0 aromatic heterocycles. The molecule has 0 aliphatic carbocycles. The summed E-state index contributed by atoms with van der Waals surface area (Å²) in [5, 5.41) is 8.61. The van der Waals surface area contributed by atoms with Gasteiger partial charge in [0.05, 0.1) is 13.4 Å². The number of hydrogen-bond donors (Lipinski definition) is 2. The number of aliphatic hydroxyl groups is 1. The van der Waals surface area contributed by atoms with E-state index >= 15 is 0 Å². The maximum Gasteiger partial charge on any atom is 0.261 e. The molecule has 0 spiro atoms. The topological polar surface area (TPSA) is 83.8 Å². The molecule has 16 heavy (non-hydrogen) atoms. The zero-order valence-corrected chi connectivity index (χ0v) is 10.1. The summed E-state index contributed by atoms with van der Waals surface area (Å²) < 4.78 is 30.9. The molecule has 1 rings (SSSR count). The summed E-state index contributed by atoms with van der Waals surface area (Å²) >= 11 is 0. The minimum atomic E-state index is -3.67. The average molecular weight is 248 g/mol. The van der Waals surface area contributed by atoms with Crippen molar-refractivity contribution in [2.24, 2.45) is 0 Å². The van der Waals surface area contributed by atoms with Crippen molar-refractivity contribution in [3.8, 4) is 5.75 Å². The van der Waals surface area contributed by atoms with Gasteiger partial charge in [-0.2, -0.15) is 8.42 Å². The largest absolute Gasteiger partial charge is 0.497 e. The van der Waals surface area contributed by atoms with Crippen LogP contribution in [-0.2, 0) is 16.5 Å². The summed E-state index contributed by atoms with van der Waals surface area (Å²) in [7, 11) is -2.03. The maximum atomic E-state index is 9.19. The summed E-state index contributed by atoms with van der Waals surface area (Å²) in [6, 6.07) is 7.69. The number of aliphatic hydroxyl groups excluding tert-OH is 1. The van der Waals surface area contributed by atoms with Gasteiger partial charge in [0.25, 0.3) is 10.1 Å². The molecule has 0 radical (unpaired) electrons. The molecule has 6 heteroatoms. The van der Waals surface area contributed by atoms with E-state index in [4.69, 9.17) is 14.4 Å². The number of benzene rings is 1. The Morgan fingerprint density at radius 1 is 1.25 bits per heavy atom. The smallest absolute Gasteiger partial charge is 0.261 e. The van der Waals surface area contributed by atoms with E-state index in [1.807, 2.05) is 24.3 Å². The molecule has 0 fully saturated rings. The van der Waals surface area contributed by atoms with Crippen molar-refractivity contribution >= 4 is 10.1 Å². The van der Waals surface area contributed by atoms with Gasteiger partial charge in [0.15, 0.2) is 0 Å². The van der Waals surface area contributed by atoms with E-state index < -0.39 is 10.1 Å². The van der Waals surface area contributed by atoms with Crippen LogP contribution in [0.1, 0.15) is 5.56 Å². The van der Waals surface area contributed by atoms with E-state index in [0.717, 1.165) is 11.3 Å². The molecule has 1 aromatic rings. The molecular formula is C10H16O5S. The van der Waals surface area contributed by atoms with E-state index in [1.54, 1.807) is 7.11 Å². The third-order valence-electron chi connectivity index (χ3n) is 1.56. The van der Waals surface area contributed by atoms with E-state index in [1.165, 1.54) is 0 Å². The van der Waals surface area contributed by atoms with Crippen LogP contribution in [0.2, 0.25) is 0 Å². The van der Waals surface area contributed by atoms with Crippen LogP contribution in [0.5, 0.6) is 5.75 Å². The monoisotopic (exact) mass is 248 g/mol. The number of methoxy groups -OCH3 is 1. The van der Waals surface area contributed by atoms with Gasteiger partial charge in [-0.15, -0.1) is 0 Å². The Morgan fingerprint density at radius 3 is 2.00 bits per heavy atom. The Bertz CT molecular complexity index is 374. The molecule has 0 saturated heterocycles.